The third-order valence-corrected chi connectivity index (χ3v) is 3.67. The quantitative estimate of drug-likeness (QED) is 0.777. The Bertz CT molecular complexity index is 810. The van der Waals surface area contributed by atoms with Gasteiger partial charge in [0, 0.05) is 5.02 Å². The molecule has 2 N–H and O–H groups in total. The van der Waals surface area contributed by atoms with E-state index in [4.69, 9.17) is 23.2 Å². The van der Waals surface area contributed by atoms with E-state index in [1.165, 1.54) is 30.3 Å². The van der Waals surface area contributed by atoms with Gasteiger partial charge in [0.2, 0.25) is 5.91 Å². The fraction of sp³-hybridized carbons (Fsp3) is 0.125. The fourth-order valence-corrected chi connectivity index (χ4v) is 2.33. The second-order valence-electron chi connectivity index (χ2n) is 5.00. The molecule has 0 aliphatic carbocycles. The monoisotopic (exact) mass is 390 g/mol. The zero-order valence-corrected chi connectivity index (χ0v) is 14.0. The number of hydrogen-bond acceptors (Lipinski definition) is 2. The van der Waals surface area contributed by atoms with Crippen LogP contribution in [0, 0.1) is 0 Å². The average Bonchev–Trinajstić information content (AvgIpc) is 2.54. The van der Waals surface area contributed by atoms with Gasteiger partial charge in [-0.1, -0.05) is 41.4 Å². The van der Waals surface area contributed by atoms with Crippen LogP contribution in [0.4, 0.5) is 13.2 Å². The van der Waals surface area contributed by atoms with E-state index in [0.29, 0.717) is 0 Å². The first-order valence-corrected chi connectivity index (χ1v) is 7.63. The summed E-state index contributed by atoms with van der Waals surface area (Å²) in [6.45, 7) is 0. The van der Waals surface area contributed by atoms with E-state index in [9.17, 15) is 22.8 Å². The van der Waals surface area contributed by atoms with Gasteiger partial charge in [0.1, 0.15) is 0 Å². The molecule has 2 rings (SSSR count). The lowest BCUT2D eigenvalue weighted by atomic mass is 10.1. The Kier molecular flexibility index (Phi) is 5.92. The summed E-state index contributed by atoms with van der Waals surface area (Å²) in [7, 11) is 0. The van der Waals surface area contributed by atoms with Crippen molar-refractivity contribution in [1.82, 2.24) is 10.9 Å². The second kappa shape index (κ2) is 7.76. The summed E-state index contributed by atoms with van der Waals surface area (Å²) in [6, 6.07) is 8.59. The summed E-state index contributed by atoms with van der Waals surface area (Å²) in [5.41, 5.74) is 3.59. The van der Waals surface area contributed by atoms with Crippen LogP contribution in [-0.4, -0.2) is 11.8 Å². The van der Waals surface area contributed by atoms with E-state index >= 15 is 0 Å². The highest BCUT2D eigenvalue weighted by Gasteiger charge is 2.30. The lowest BCUT2D eigenvalue weighted by molar-refractivity contribution is -0.137. The summed E-state index contributed by atoms with van der Waals surface area (Å²) in [6.07, 6.45) is -4.84. The SMILES string of the molecule is O=C(Cc1cccc(C(F)(F)F)c1)NNC(=O)c1cc(Cl)ccc1Cl. The van der Waals surface area contributed by atoms with E-state index in [2.05, 4.69) is 10.9 Å². The minimum atomic E-state index is -4.50. The summed E-state index contributed by atoms with van der Waals surface area (Å²) < 4.78 is 37.9. The number of nitrogens with one attached hydrogen (secondary N) is 2. The van der Waals surface area contributed by atoms with Crippen molar-refractivity contribution in [3.8, 4) is 0 Å². The van der Waals surface area contributed by atoms with Crippen molar-refractivity contribution in [3.63, 3.8) is 0 Å². The van der Waals surface area contributed by atoms with Crippen LogP contribution in [0.15, 0.2) is 42.5 Å². The van der Waals surface area contributed by atoms with Crippen molar-refractivity contribution in [1.29, 1.82) is 0 Å². The van der Waals surface area contributed by atoms with Gasteiger partial charge in [-0.3, -0.25) is 20.4 Å². The Morgan fingerprint density at radius 2 is 1.72 bits per heavy atom. The maximum Gasteiger partial charge on any atom is 0.416 e. The Balaban J connectivity index is 1.97. The molecule has 0 atom stereocenters. The maximum absolute atomic E-state index is 12.6. The largest absolute Gasteiger partial charge is 0.416 e. The molecule has 0 heterocycles. The molecule has 0 saturated carbocycles. The van der Waals surface area contributed by atoms with Crippen molar-refractivity contribution < 1.29 is 22.8 Å². The number of hydrazine groups is 1. The Morgan fingerprint density at radius 1 is 1.00 bits per heavy atom. The van der Waals surface area contributed by atoms with Crippen molar-refractivity contribution in [2.24, 2.45) is 0 Å². The Labute approximate surface area is 150 Å². The molecule has 0 radical (unpaired) electrons. The van der Waals surface area contributed by atoms with Gasteiger partial charge in [0.15, 0.2) is 0 Å². The smallest absolute Gasteiger partial charge is 0.273 e. The van der Waals surface area contributed by atoms with Gasteiger partial charge in [-0.05, 0) is 29.8 Å². The molecular formula is C16H11Cl2F3N2O2. The number of halogens is 5. The van der Waals surface area contributed by atoms with Crippen molar-refractivity contribution in [3.05, 3.63) is 69.2 Å². The first-order valence-electron chi connectivity index (χ1n) is 6.87. The molecule has 0 unspecified atom stereocenters. The number of carbonyl (C=O) groups excluding carboxylic acids is 2. The van der Waals surface area contributed by atoms with Gasteiger partial charge in [-0.25, -0.2) is 0 Å². The topological polar surface area (TPSA) is 58.2 Å². The van der Waals surface area contributed by atoms with Gasteiger partial charge in [0.25, 0.3) is 5.91 Å². The molecule has 4 nitrogen and oxygen atoms in total. The molecule has 0 spiro atoms. The summed E-state index contributed by atoms with van der Waals surface area (Å²) in [5.74, 6) is -1.39. The van der Waals surface area contributed by atoms with Crippen molar-refractivity contribution >= 4 is 35.0 Å². The lowest BCUT2D eigenvalue weighted by Crippen LogP contribution is -2.42. The lowest BCUT2D eigenvalue weighted by Gasteiger charge is -2.10. The van der Waals surface area contributed by atoms with Crippen LogP contribution in [0.3, 0.4) is 0 Å². The Hall–Kier alpha value is -2.25. The van der Waals surface area contributed by atoms with Crippen molar-refractivity contribution in [2.75, 3.05) is 0 Å². The number of hydrogen-bond donors (Lipinski definition) is 2. The van der Waals surface area contributed by atoms with Crippen LogP contribution < -0.4 is 10.9 Å². The van der Waals surface area contributed by atoms with E-state index in [1.54, 1.807) is 0 Å². The minimum Gasteiger partial charge on any atom is -0.273 e. The van der Waals surface area contributed by atoms with Crippen LogP contribution in [-0.2, 0) is 17.4 Å². The average molecular weight is 391 g/mol. The number of carbonyl (C=O) groups is 2. The standard InChI is InChI=1S/C16H11Cl2F3N2O2/c17-11-4-5-13(18)12(8-11)15(25)23-22-14(24)7-9-2-1-3-10(6-9)16(19,20)21/h1-6,8H,7H2,(H,22,24)(H,23,25). The number of alkyl halides is 3. The van der Waals surface area contributed by atoms with Gasteiger partial charge in [-0.15, -0.1) is 0 Å². The van der Waals surface area contributed by atoms with E-state index in [1.807, 2.05) is 0 Å². The molecule has 0 bridgehead atoms. The number of amides is 2. The molecule has 0 aliphatic heterocycles. The van der Waals surface area contributed by atoms with Gasteiger partial charge < -0.3 is 0 Å². The van der Waals surface area contributed by atoms with Crippen LogP contribution in [0.2, 0.25) is 10.0 Å². The molecule has 25 heavy (non-hydrogen) atoms. The first-order chi connectivity index (χ1) is 11.7. The summed E-state index contributed by atoms with van der Waals surface area (Å²) in [5, 5.41) is 0.416. The zero-order valence-electron chi connectivity index (χ0n) is 12.5. The van der Waals surface area contributed by atoms with Gasteiger partial charge in [0.05, 0.1) is 22.6 Å². The summed E-state index contributed by atoms with van der Waals surface area (Å²) >= 11 is 11.6. The molecule has 0 aromatic heterocycles. The van der Waals surface area contributed by atoms with Gasteiger partial charge >= 0.3 is 6.18 Å². The highest BCUT2D eigenvalue weighted by Crippen LogP contribution is 2.29. The number of benzene rings is 2. The molecule has 2 aromatic carbocycles. The predicted molar refractivity (Wildman–Crippen MR) is 87.2 cm³/mol. The van der Waals surface area contributed by atoms with Crippen LogP contribution in [0.1, 0.15) is 21.5 Å². The second-order valence-corrected chi connectivity index (χ2v) is 5.85. The Morgan fingerprint density at radius 3 is 2.40 bits per heavy atom. The maximum atomic E-state index is 12.6. The van der Waals surface area contributed by atoms with E-state index < -0.39 is 23.6 Å². The third-order valence-electron chi connectivity index (χ3n) is 3.11. The molecule has 0 aliphatic rings. The zero-order chi connectivity index (χ0) is 18.6. The fourth-order valence-electron chi connectivity index (χ4n) is 1.95. The van der Waals surface area contributed by atoms with Crippen LogP contribution in [0.5, 0.6) is 0 Å². The molecule has 132 valence electrons. The van der Waals surface area contributed by atoms with E-state index in [-0.39, 0.29) is 27.6 Å². The molecule has 2 aromatic rings. The molecule has 2 amide bonds. The molecule has 9 heteroatoms. The highest BCUT2D eigenvalue weighted by molar-refractivity contribution is 6.35. The molecule has 0 saturated heterocycles. The highest BCUT2D eigenvalue weighted by atomic mass is 35.5. The normalized spacial score (nSPS) is 11.1. The third kappa shape index (κ3) is 5.37. The van der Waals surface area contributed by atoms with Crippen LogP contribution in [0.25, 0.3) is 0 Å². The van der Waals surface area contributed by atoms with E-state index in [0.717, 1.165) is 12.1 Å². The predicted octanol–water partition coefficient (Wildman–Crippen LogP) is 4.02. The van der Waals surface area contributed by atoms with Gasteiger partial charge in [-0.2, -0.15) is 13.2 Å². The summed E-state index contributed by atoms with van der Waals surface area (Å²) in [4.78, 5) is 23.7. The molecular weight excluding hydrogens is 380 g/mol. The van der Waals surface area contributed by atoms with Crippen molar-refractivity contribution in [2.45, 2.75) is 12.6 Å². The molecule has 0 fully saturated rings. The number of rotatable bonds is 3. The van der Waals surface area contributed by atoms with Crippen LogP contribution >= 0.6 is 23.2 Å². The minimum absolute atomic E-state index is 0.0496. The first kappa shape index (κ1) is 19.1.